The topological polar surface area (TPSA) is 95.0 Å². The Morgan fingerprint density at radius 2 is 0.964 bits per heavy atom. The Morgan fingerprint density at radius 1 is 0.536 bits per heavy atom. The summed E-state index contributed by atoms with van der Waals surface area (Å²) in [6.45, 7) is 0. The Kier molecular flexibility index (Phi) is 8.69. The van der Waals surface area contributed by atoms with Gasteiger partial charge in [0.2, 0.25) is 23.6 Å². The maximum atomic E-state index is 14.8. The highest BCUT2D eigenvalue weighted by atomic mass is 19.4. The van der Waals surface area contributed by atoms with Crippen LogP contribution in [0.1, 0.15) is 46.6 Å². The maximum Gasteiger partial charge on any atom is 0.416 e. The lowest BCUT2D eigenvalue weighted by molar-refractivity contribution is -0.144. The molecule has 2 heterocycles. The summed E-state index contributed by atoms with van der Waals surface area (Å²) in [6, 6.07) is 2.82. The van der Waals surface area contributed by atoms with Gasteiger partial charge in [0.15, 0.2) is 11.6 Å². The van der Waals surface area contributed by atoms with Crippen molar-refractivity contribution in [3.05, 3.63) is 99.9 Å². The molecule has 3 aromatic carbocycles. The first-order valence-corrected chi connectivity index (χ1v) is 16.3. The molecule has 1 N–H and O–H groups in total. The van der Waals surface area contributed by atoms with Crippen LogP contribution in [0.2, 0.25) is 0 Å². The van der Waals surface area contributed by atoms with Crippen LogP contribution in [0.5, 0.6) is 5.75 Å². The smallest absolute Gasteiger partial charge is 0.416 e. The number of carbonyl (C=O) groups excluding carboxylic acids is 4. The number of rotatable bonds is 3. The average molecular weight is 809 g/mol. The van der Waals surface area contributed by atoms with Gasteiger partial charge in [-0.15, -0.1) is 0 Å². The number of anilines is 2. The van der Waals surface area contributed by atoms with Gasteiger partial charge in [0.05, 0.1) is 57.3 Å². The third-order valence-corrected chi connectivity index (χ3v) is 10.6. The Bertz CT molecular complexity index is 2180. The van der Waals surface area contributed by atoms with E-state index in [4.69, 9.17) is 0 Å². The van der Waals surface area contributed by atoms with Crippen molar-refractivity contribution in [2.45, 2.75) is 43.5 Å². The number of hydrogen-bond donors (Lipinski definition) is 1. The summed E-state index contributed by atoms with van der Waals surface area (Å²) in [5, 5.41) is 9.86. The molecule has 4 aliphatic rings. The van der Waals surface area contributed by atoms with Gasteiger partial charge in [-0.05, 0) is 72.9 Å². The Hall–Kier alpha value is -5.43. The number of benzene rings is 3. The van der Waals surface area contributed by atoms with Crippen LogP contribution >= 0.6 is 0 Å². The van der Waals surface area contributed by atoms with Crippen molar-refractivity contribution < 1.29 is 81.4 Å². The highest BCUT2D eigenvalue weighted by Gasteiger charge is 2.63. The van der Waals surface area contributed by atoms with Crippen molar-refractivity contribution >= 4 is 35.0 Å². The number of phenolic OH excluding ortho intramolecular Hbond substituents is 1. The first kappa shape index (κ1) is 38.8. The second-order valence-corrected chi connectivity index (χ2v) is 13.8. The maximum absolute atomic E-state index is 14.8. The van der Waals surface area contributed by atoms with Gasteiger partial charge in [0, 0.05) is 5.92 Å². The second kappa shape index (κ2) is 12.5. The third kappa shape index (κ3) is 6.25. The van der Waals surface area contributed by atoms with Crippen LogP contribution in [-0.4, -0.2) is 28.7 Å². The van der Waals surface area contributed by atoms with Crippen molar-refractivity contribution in [1.82, 2.24) is 0 Å². The number of halogens is 13. The number of amides is 4. The van der Waals surface area contributed by atoms with E-state index in [1.54, 1.807) is 0 Å². The molecule has 7 nitrogen and oxygen atoms in total. The minimum absolute atomic E-state index is 0.0589. The fourth-order valence-corrected chi connectivity index (χ4v) is 8.32. The monoisotopic (exact) mass is 808 g/mol. The Balaban J connectivity index is 1.35. The molecule has 0 unspecified atom stereocenters. The molecule has 2 saturated heterocycles. The zero-order valence-electron chi connectivity index (χ0n) is 27.5. The van der Waals surface area contributed by atoms with Gasteiger partial charge < -0.3 is 5.11 Å². The van der Waals surface area contributed by atoms with Crippen LogP contribution in [0.4, 0.5) is 68.5 Å². The number of nitrogens with zero attached hydrogens (tertiary/aromatic N) is 2. The summed E-state index contributed by atoms with van der Waals surface area (Å²) < 4.78 is 180. The fourth-order valence-electron chi connectivity index (χ4n) is 8.32. The molecule has 4 amide bonds. The molecule has 296 valence electrons. The van der Waals surface area contributed by atoms with E-state index in [0.717, 1.165) is 18.2 Å². The number of fused-ring (bicyclic) bond motifs is 4. The van der Waals surface area contributed by atoms with E-state index in [0.29, 0.717) is 0 Å². The summed E-state index contributed by atoms with van der Waals surface area (Å²) in [5.74, 6) is -16.5. The number of phenols is 1. The molecule has 7 rings (SSSR count). The van der Waals surface area contributed by atoms with Crippen LogP contribution in [0, 0.1) is 35.4 Å². The van der Waals surface area contributed by atoms with Gasteiger partial charge >= 0.3 is 24.7 Å². The zero-order valence-corrected chi connectivity index (χ0v) is 27.5. The van der Waals surface area contributed by atoms with Crippen molar-refractivity contribution in [1.29, 1.82) is 0 Å². The fraction of sp³-hybridized carbons (Fsp3) is 0.333. The van der Waals surface area contributed by atoms with Crippen molar-refractivity contribution in [3.8, 4) is 5.75 Å². The Labute approximate surface area is 305 Å². The van der Waals surface area contributed by atoms with Gasteiger partial charge in [-0.25, -0.2) is 14.2 Å². The van der Waals surface area contributed by atoms with Crippen LogP contribution in [0.25, 0.3) is 0 Å². The number of carbonyl (C=O) groups is 4. The molecule has 0 radical (unpaired) electrons. The Morgan fingerprint density at radius 3 is 1.39 bits per heavy atom. The normalized spacial score (nSPS) is 25.7. The van der Waals surface area contributed by atoms with E-state index < -0.39 is 142 Å². The van der Waals surface area contributed by atoms with E-state index in [1.165, 1.54) is 6.08 Å². The second-order valence-electron chi connectivity index (χ2n) is 13.8. The molecular weight excluding hydrogens is 787 g/mol. The zero-order chi connectivity index (χ0) is 41.2. The molecule has 56 heavy (non-hydrogen) atoms. The van der Waals surface area contributed by atoms with Crippen molar-refractivity contribution in [3.63, 3.8) is 0 Å². The van der Waals surface area contributed by atoms with Gasteiger partial charge in [0.1, 0.15) is 0 Å². The number of hydrogen-bond acceptors (Lipinski definition) is 5. The third-order valence-electron chi connectivity index (χ3n) is 10.6. The lowest BCUT2D eigenvalue weighted by atomic mass is 9.57. The number of alkyl halides is 12. The summed E-state index contributed by atoms with van der Waals surface area (Å²) in [6.07, 6.45) is -21.2. The SMILES string of the molecule is O=C1[C@H]2[C@H](CC=C3[C@H]2C[C@H]2C(=O)N(c4cc(C(F)(F)F)cc(C(F)(F)F)c4)C(=O)[C@H]2[C@H]3c2ccc(O)c(F)c2)C(=O)N1c1cc(C(F)(F)F)cc(C(F)(F)F)c1. The summed E-state index contributed by atoms with van der Waals surface area (Å²) in [5.41, 5.74) is -9.72. The molecule has 0 spiro atoms. The largest absolute Gasteiger partial charge is 0.505 e. The highest BCUT2D eigenvalue weighted by Crippen LogP contribution is 2.59. The van der Waals surface area contributed by atoms with E-state index in [-0.39, 0.29) is 57.3 Å². The van der Waals surface area contributed by atoms with Gasteiger partial charge in [-0.2, -0.15) is 52.7 Å². The van der Waals surface area contributed by atoms with Gasteiger partial charge in [-0.1, -0.05) is 17.7 Å². The van der Waals surface area contributed by atoms with E-state index in [1.807, 2.05) is 0 Å². The van der Waals surface area contributed by atoms with E-state index in [9.17, 15) is 81.4 Å². The van der Waals surface area contributed by atoms with Gasteiger partial charge in [0.25, 0.3) is 0 Å². The molecule has 20 heteroatoms. The van der Waals surface area contributed by atoms with Crippen LogP contribution in [0.3, 0.4) is 0 Å². The molecular formula is C36H21F13N2O5. The lowest BCUT2D eigenvalue weighted by Gasteiger charge is -2.44. The van der Waals surface area contributed by atoms with Gasteiger partial charge in [-0.3, -0.25) is 19.2 Å². The number of allylic oxidation sites excluding steroid dienone is 2. The van der Waals surface area contributed by atoms with E-state index in [2.05, 4.69) is 0 Å². The molecule has 3 fully saturated rings. The first-order chi connectivity index (χ1) is 25.8. The number of imide groups is 2. The minimum Gasteiger partial charge on any atom is -0.505 e. The molecule has 2 aliphatic carbocycles. The van der Waals surface area contributed by atoms with Crippen LogP contribution in [-0.2, 0) is 43.9 Å². The summed E-state index contributed by atoms with van der Waals surface area (Å²) in [7, 11) is 0. The molecule has 1 saturated carbocycles. The first-order valence-electron chi connectivity index (χ1n) is 16.3. The quantitative estimate of drug-likeness (QED) is 0.163. The highest BCUT2D eigenvalue weighted by molar-refractivity contribution is 6.24. The molecule has 6 atom stereocenters. The average Bonchev–Trinajstić information content (AvgIpc) is 3.50. The lowest BCUT2D eigenvalue weighted by Crippen LogP contribution is -2.43. The molecule has 0 aromatic heterocycles. The molecule has 2 aliphatic heterocycles. The predicted octanol–water partition coefficient (Wildman–Crippen LogP) is 8.65. The van der Waals surface area contributed by atoms with Crippen molar-refractivity contribution in [2.75, 3.05) is 9.80 Å². The molecule has 0 bridgehead atoms. The van der Waals surface area contributed by atoms with Crippen LogP contribution in [0.15, 0.2) is 66.2 Å². The predicted molar refractivity (Wildman–Crippen MR) is 163 cm³/mol. The molecule has 3 aromatic rings. The van der Waals surface area contributed by atoms with Crippen molar-refractivity contribution in [2.24, 2.45) is 29.6 Å². The minimum atomic E-state index is -5.39. The summed E-state index contributed by atoms with van der Waals surface area (Å²) >= 11 is 0. The van der Waals surface area contributed by atoms with Crippen LogP contribution < -0.4 is 9.80 Å². The standard InChI is InChI=1S/C36H21F13N2O5/c37-24-5-13(1-4-25(24)52)26-20-2-3-21-27(31(55)50(29(21)53)18-8-14(33(38,39)40)6-15(9-18)34(41,42)43)22(20)12-23-28(26)32(56)51(30(23)54)19-10-16(35(44,45)46)7-17(11-19)36(47,48)49/h1-2,4-11,21-23,26-28,52H,3,12H2/t21-,22+,23+,26-,27-,28+/m0/s1. The number of aromatic hydroxyl groups is 1. The van der Waals surface area contributed by atoms with E-state index >= 15 is 0 Å². The summed E-state index contributed by atoms with van der Waals surface area (Å²) in [4.78, 5) is 56.3.